The predicted molar refractivity (Wildman–Crippen MR) is 108 cm³/mol. The molecule has 0 radical (unpaired) electrons. The molecule has 2 rings (SSSR count). The fraction of sp³-hybridized carbons (Fsp3) is 0.364. The number of carbonyl (C=O) groups is 2. The number of rotatable bonds is 10. The monoisotopic (exact) mass is 384 g/mol. The standard InChI is InChI=1S/C22H28N2O4/c1-3-7-20(26)24(16-17-10-12-19(28-2)13-11-17)21(22(27)23-14-15-25)18-8-5-4-6-9-18/h4-6,8-13,21,25H,3,7,14-16H2,1-2H3,(H,23,27). The van der Waals surface area contributed by atoms with E-state index in [4.69, 9.17) is 9.84 Å². The highest BCUT2D eigenvalue weighted by atomic mass is 16.5. The molecule has 2 amide bonds. The maximum Gasteiger partial charge on any atom is 0.247 e. The molecular weight excluding hydrogens is 356 g/mol. The Kier molecular flexibility index (Phi) is 8.49. The third kappa shape index (κ3) is 5.82. The molecule has 2 N–H and O–H groups in total. The van der Waals surface area contributed by atoms with Crippen molar-refractivity contribution in [3.8, 4) is 5.75 Å². The van der Waals surface area contributed by atoms with E-state index in [1.54, 1.807) is 12.0 Å². The summed E-state index contributed by atoms with van der Waals surface area (Å²) in [5.74, 6) is 0.333. The highest BCUT2D eigenvalue weighted by Gasteiger charge is 2.30. The number of hydrogen-bond donors (Lipinski definition) is 2. The Morgan fingerprint density at radius 2 is 1.79 bits per heavy atom. The predicted octanol–water partition coefficient (Wildman–Crippen LogP) is 2.67. The third-order valence-corrected chi connectivity index (χ3v) is 4.38. The van der Waals surface area contributed by atoms with Crippen molar-refractivity contribution in [1.82, 2.24) is 10.2 Å². The lowest BCUT2D eigenvalue weighted by atomic mass is 10.0. The maximum absolute atomic E-state index is 12.9. The topological polar surface area (TPSA) is 78.9 Å². The summed E-state index contributed by atoms with van der Waals surface area (Å²) >= 11 is 0. The molecular formula is C22H28N2O4. The quantitative estimate of drug-likeness (QED) is 0.660. The summed E-state index contributed by atoms with van der Waals surface area (Å²) in [5.41, 5.74) is 1.64. The molecule has 28 heavy (non-hydrogen) atoms. The number of hydrogen-bond acceptors (Lipinski definition) is 4. The van der Waals surface area contributed by atoms with Gasteiger partial charge in [0.25, 0.3) is 0 Å². The second-order valence-corrected chi connectivity index (χ2v) is 6.45. The summed E-state index contributed by atoms with van der Waals surface area (Å²) in [5, 5.41) is 11.8. The first-order chi connectivity index (χ1) is 13.6. The molecule has 0 spiro atoms. The van der Waals surface area contributed by atoms with E-state index in [1.807, 2.05) is 61.5 Å². The van der Waals surface area contributed by atoms with Gasteiger partial charge in [-0.2, -0.15) is 0 Å². The van der Waals surface area contributed by atoms with Crippen LogP contribution in [0.3, 0.4) is 0 Å². The van der Waals surface area contributed by atoms with Gasteiger partial charge in [-0.1, -0.05) is 49.4 Å². The van der Waals surface area contributed by atoms with Gasteiger partial charge in [0, 0.05) is 19.5 Å². The number of aliphatic hydroxyl groups excluding tert-OH is 1. The van der Waals surface area contributed by atoms with E-state index >= 15 is 0 Å². The van der Waals surface area contributed by atoms with Crippen molar-refractivity contribution in [2.45, 2.75) is 32.4 Å². The Morgan fingerprint density at radius 1 is 1.11 bits per heavy atom. The second kappa shape index (κ2) is 11.1. The smallest absolute Gasteiger partial charge is 0.247 e. The zero-order valence-electron chi connectivity index (χ0n) is 16.4. The first-order valence-corrected chi connectivity index (χ1v) is 9.46. The fourth-order valence-electron chi connectivity index (χ4n) is 2.99. The molecule has 6 nitrogen and oxygen atoms in total. The zero-order chi connectivity index (χ0) is 20.4. The average molecular weight is 384 g/mol. The van der Waals surface area contributed by atoms with Gasteiger partial charge in [-0.15, -0.1) is 0 Å². The number of nitrogens with one attached hydrogen (secondary N) is 1. The molecule has 1 atom stereocenters. The lowest BCUT2D eigenvalue weighted by Gasteiger charge is -2.31. The molecule has 0 bridgehead atoms. The van der Waals surface area contributed by atoms with Crippen LogP contribution in [0.2, 0.25) is 0 Å². The first-order valence-electron chi connectivity index (χ1n) is 9.46. The Bertz CT molecular complexity index is 747. The van der Waals surface area contributed by atoms with Crippen molar-refractivity contribution < 1.29 is 19.4 Å². The lowest BCUT2D eigenvalue weighted by Crippen LogP contribution is -2.44. The van der Waals surface area contributed by atoms with Crippen molar-refractivity contribution in [3.05, 3.63) is 65.7 Å². The number of carbonyl (C=O) groups excluding carboxylic acids is 2. The summed E-state index contributed by atoms with van der Waals surface area (Å²) in [6.07, 6.45) is 1.05. The van der Waals surface area contributed by atoms with E-state index in [-0.39, 0.29) is 25.0 Å². The van der Waals surface area contributed by atoms with Gasteiger partial charge in [0.2, 0.25) is 11.8 Å². The van der Waals surface area contributed by atoms with Crippen LogP contribution in [0.1, 0.15) is 36.9 Å². The maximum atomic E-state index is 12.9. The van der Waals surface area contributed by atoms with Crippen molar-refractivity contribution in [1.29, 1.82) is 0 Å². The molecule has 0 saturated carbocycles. The third-order valence-electron chi connectivity index (χ3n) is 4.38. The molecule has 2 aromatic carbocycles. The number of nitrogens with zero attached hydrogens (tertiary/aromatic N) is 1. The zero-order valence-corrected chi connectivity index (χ0v) is 16.4. The van der Waals surface area contributed by atoms with Gasteiger partial charge < -0.3 is 20.1 Å². The molecule has 2 aromatic rings. The van der Waals surface area contributed by atoms with Crippen LogP contribution in [0, 0.1) is 0 Å². The summed E-state index contributed by atoms with van der Waals surface area (Å²) in [7, 11) is 1.60. The fourth-order valence-corrected chi connectivity index (χ4v) is 2.99. The van der Waals surface area contributed by atoms with Crippen LogP contribution >= 0.6 is 0 Å². The van der Waals surface area contributed by atoms with E-state index in [1.165, 1.54) is 0 Å². The van der Waals surface area contributed by atoms with Gasteiger partial charge in [-0.05, 0) is 29.7 Å². The van der Waals surface area contributed by atoms with Gasteiger partial charge in [0.15, 0.2) is 0 Å². The minimum Gasteiger partial charge on any atom is -0.497 e. The Morgan fingerprint density at radius 3 is 2.36 bits per heavy atom. The number of aliphatic hydroxyl groups is 1. The SMILES string of the molecule is CCCC(=O)N(Cc1ccc(OC)cc1)C(C(=O)NCCO)c1ccccc1. The minimum absolute atomic E-state index is 0.0914. The number of benzene rings is 2. The van der Waals surface area contributed by atoms with Crippen LogP contribution in [0.4, 0.5) is 0 Å². The van der Waals surface area contributed by atoms with Crippen molar-refractivity contribution in [3.63, 3.8) is 0 Å². The second-order valence-electron chi connectivity index (χ2n) is 6.45. The molecule has 0 aliphatic heterocycles. The molecule has 1 unspecified atom stereocenters. The molecule has 150 valence electrons. The molecule has 0 aliphatic carbocycles. The van der Waals surface area contributed by atoms with Crippen LogP contribution < -0.4 is 10.1 Å². The lowest BCUT2D eigenvalue weighted by molar-refractivity contribution is -0.141. The van der Waals surface area contributed by atoms with Crippen molar-refractivity contribution >= 4 is 11.8 Å². The van der Waals surface area contributed by atoms with E-state index < -0.39 is 6.04 Å². The van der Waals surface area contributed by atoms with Gasteiger partial charge in [-0.25, -0.2) is 0 Å². The molecule has 0 heterocycles. The van der Waals surface area contributed by atoms with Gasteiger partial charge in [-0.3, -0.25) is 9.59 Å². The van der Waals surface area contributed by atoms with Crippen molar-refractivity contribution in [2.24, 2.45) is 0 Å². The molecule has 0 saturated heterocycles. The van der Waals surface area contributed by atoms with Crippen LogP contribution in [0.5, 0.6) is 5.75 Å². The van der Waals surface area contributed by atoms with E-state index in [2.05, 4.69) is 5.32 Å². The highest BCUT2D eigenvalue weighted by molar-refractivity contribution is 5.88. The minimum atomic E-state index is -0.770. The van der Waals surface area contributed by atoms with Crippen molar-refractivity contribution in [2.75, 3.05) is 20.3 Å². The Balaban J connectivity index is 2.38. The van der Waals surface area contributed by atoms with Crippen LogP contribution in [-0.4, -0.2) is 42.1 Å². The van der Waals surface area contributed by atoms with E-state index in [0.29, 0.717) is 19.4 Å². The summed E-state index contributed by atoms with van der Waals surface area (Å²) in [4.78, 5) is 27.4. The van der Waals surface area contributed by atoms with Crippen LogP contribution in [-0.2, 0) is 16.1 Å². The Labute approximate surface area is 166 Å². The molecule has 6 heteroatoms. The number of methoxy groups -OCH3 is 1. The largest absolute Gasteiger partial charge is 0.497 e. The average Bonchev–Trinajstić information content (AvgIpc) is 2.73. The number of amides is 2. The highest BCUT2D eigenvalue weighted by Crippen LogP contribution is 2.25. The molecule has 0 fully saturated rings. The van der Waals surface area contributed by atoms with Gasteiger partial charge >= 0.3 is 0 Å². The van der Waals surface area contributed by atoms with E-state index in [9.17, 15) is 9.59 Å². The van der Waals surface area contributed by atoms with E-state index in [0.717, 1.165) is 16.9 Å². The first kappa shape index (κ1) is 21.4. The summed E-state index contributed by atoms with van der Waals surface area (Å²) in [6, 6.07) is 15.9. The summed E-state index contributed by atoms with van der Waals surface area (Å²) < 4.78 is 5.19. The normalized spacial score (nSPS) is 11.5. The molecule has 0 aromatic heterocycles. The summed E-state index contributed by atoms with van der Waals surface area (Å²) in [6.45, 7) is 2.22. The molecule has 0 aliphatic rings. The van der Waals surface area contributed by atoms with Crippen LogP contribution in [0.25, 0.3) is 0 Å². The number of ether oxygens (including phenoxy) is 1. The van der Waals surface area contributed by atoms with Gasteiger partial charge in [0.05, 0.1) is 13.7 Å². The van der Waals surface area contributed by atoms with Crippen LogP contribution in [0.15, 0.2) is 54.6 Å². The van der Waals surface area contributed by atoms with Gasteiger partial charge in [0.1, 0.15) is 11.8 Å². The Hall–Kier alpha value is -2.86.